The molecule has 0 atom stereocenters. The van der Waals surface area contributed by atoms with Gasteiger partial charge in [0, 0.05) is 6.54 Å². The number of carboxylic acids is 2. The first-order valence-corrected chi connectivity index (χ1v) is 7.95. The van der Waals surface area contributed by atoms with E-state index in [2.05, 4.69) is 5.32 Å². The highest BCUT2D eigenvalue weighted by Crippen LogP contribution is 2.09. The van der Waals surface area contributed by atoms with Crippen LogP contribution in [0.25, 0.3) is 0 Å². The van der Waals surface area contributed by atoms with Gasteiger partial charge in [0.1, 0.15) is 24.3 Å². The predicted octanol–water partition coefficient (Wildman–Crippen LogP) is 1.92. The summed E-state index contributed by atoms with van der Waals surface area (Å²) in [6.45, 7) is 11.6. The maximum absolute atomic E-state index is 11.4. The molecule has 0 unspecified atom stereocenters. The summed E-state index contributed by atoms with van der Waals surface area (Å²) < 4.78 is 9.79. The highest BCUT2D eigenvalue weighted by atomic mass is 16.6. The molecule has 0 fully saturated rings. The van der Waals surface area contributed by atoms with E-state index in [0.29, 0.717) is 6.54 Å². The van der Waals surface area contributed by atoms with E-state index in [0.717, 1.165) is 4.90 Å². The lowest BCUT2D eigenvalue weighted by atomic mass is 10.2. The SMILES string of the molecule is CC(C)(C)OC(=O)NCC(=O)O.CCN(CC(=O)O)C(=O)OC(C)(C)C. The Labute approximate surface area is 153 Å². The lowest BCUT2D eigenvalue weighted by molar-refractivity contribution is -0.138. The minimum atomic E-state index is -1.10. The van der Waals surface area contributed by atoms with E-state index >= 15 is 0 Å². The summed E-state index contributed by atoms with van der Waals surface area (Å²) in [4.78, 5) is 43.7. The van der Waals surface area contributed by atoms with Gasteiger partial charge in [0.05, 0.1) is 0 Å². The molecule has 0 aromatic rings. The van der Waals surface area contributed by atoms with Crippen LogP contribution in [0, 0.1) is 0 Å². The number of amides is 2. The molecule has 152 valence electrons. The molecule has 0 aliphatic heterocycles. The van der Waals surface area contributed by atoms with Crippen molar-refractivity contribution in [3.05, 3.63) is 0 Å². The number of ether oxygens (including phenoxy) is 2. The van der Waals surface area contributed by atoms with Gasteiger partial charge in [0.25, 0.3) is 0 Å². The van der Waals surface area contributed by atoms with Crippen LogP contribution >= 0.6 is 0 Å². The second-order valence-corrected chi connectivity index (χ2v) is 7.14. The van der Waals surface area contributed by atoms with Crippen molar-refractivity contribution in [3.63, 3.8) is 0 Å². The van der Waals surface area contributed by atoms with Gasteiger partial charge in [-0.15, -0.1) is 0 Å². The average Bonchev–Trinajstić information content (AvgIpc) is 2.39. The molecule has 0 bridgehead atoms. The third kappa shape index (κ3) is 17.8. The number of likely N-dealkylation sites (N-methyl/N-ethyl adjacent to an activating group) is 1. The lowest BCUT2D eigenvalue weighted by Crippen LogP contribution is -2.39. The smallest absolute Gasteiger partial charge is 0.410 e. The van der Waals surface area contributed by atoms with E-state index in [9.17, 15) is 19.2 Å². The number of hydrogen-bond acceptors (Lipinski definition) is 6. The summed E-state index contributed by atoms with van der Waals surface area (Å²) in [5.41, 5.74) is -1.19. The van der Waals surface area contributed by atoms with Crippen molar-refractivity contribution in [3.8, 4) is 0 Å². The highest BCUT2D eigenvalue weighted by Gasteiger charge is 2.22. The molecule has 0 heterocycles. The molecule has 2 amide bonds. The molecule has 10 nitrogen and oxygen atoms in total. The first-order chi connectivity index (χ1) is 11.6. The molecule has 0 aliphatic carbocycles. The number of alkyl carbamates (subject to hydrolysis) is 1. The molecule has 0 aromatic carbocycles. The molecule has 0 saturated heterocycles. The van der Waals surface area contributed by atoms with E-state index in [4.69, 9.17) is 19.7 Å². The zero-order chi connectivity index (χ0) is 21.1. The largest absolute Gasteiger partial charge is 0.480 e. The van der Waals surface area contributed by atoms with Crippen LogP contribution < -0.4 is 5.32 Å². The Morgan fingerprint density at radius 2 is 1.35 bits per heavy atom. The fourth-order valence-electron chi connectivity index (χ4n) is 1.26. The Morgan fingerprint density at radius 3 is 1.65 bits per heavy atom. The fraction of sp³-hybridized carbons (Fsp3) is 0.750. The maximum Gasteiger partial charge on any atom is 0.410 e. The molecular formula is C16H30N2O8. The first kappa shape index (κ1) is 25.7. The summed E-state index contributed by atoms with van der Waals surface area (Å²) >= 11 is 0. The molecule has 10 heteroatoms. The standard InChI is InChI=1S/C9H17NO4.C7H13NO4/c1-5-10(6-7(11)12)8(13)14-9(2,3)4;1-7(2,3)12-6(11)8-4-5(9)10/h5-6H2,1-4H3,(H,11,12);4H2,1-3H3,(H,8,11)(H,9,10). The van der Waals surface area contributed by atoms with E-state index < -0.39 is 41.9 Å². The third-order valence-corrected chi connectivity index (χ3v) is 2.14. The molecule has 0 radical (unpaired) electrons. The lowest BCUT2D eigenvalue weighted by Gasteiger charge is -2.25. The van der Waals surface area contributed by atoms with E-state index in [-0.39, 0.29) is 6.54 Å². The highest BCUT2D eigenvalue weighted by molar-refractivity contribution is 5.77. The van der Waals surface area contributed by atoms with Crippen LogP contribution in [0.15, 0.2) is 0 Å². The van der Waals surface area contributed by atoms with Crippen molar-refractivity contribution in [2.45, 2.75) is 59.7 Å². The van der Waals surface area contributed by atoms with Crippen LogP contribution in [0.3, 0.4) is 0 Å². The van der Waals surface area contributed by atoms with Crippen molar-refractivity contribution in [1.29, 1.82) is 0 Å². The second kappa shape index (κ2) is 11.2. The van der Waals surface area contributed by atoms with Gasteiger partial charge in [0.15, 0.2) is 0 Å². The minimum Gasteiger partial charge on any atom is -0.480 e. The topological polar surface area (TPSA) is 142 Å². The van der Waals surface area contributed by atoms with Gasteiger partial charge < -0.3 is 25.0 Å². The summed E-state index contributed by atoms with van der Waals surface area (Å²) in [7, 11) is 0. The monoisotopic (exact) mass is 378 g/mol. The zero-order valence-corrected chi connectivity index (χ0v) is 16.4. The molecule has 26 heavy (non-hydrogen) atoms. The average molecular weight is 378 g/mol. The number of hydrogen-bond donors (Lipinski definition) is 3. The van der Waals surface area contributed by atoms with Crippen molar-refractivity contribution >= 4 is 24.1 Å². The predicted molar refractivity (Wildman–Crippen MR) is 93.0 cm³/mol. The molecule has 0 rings (SSSR count). The van der Waals surface area contributed by atoms with Crippen LogP contribution in [0.5, 0.6) is 0 Å². The fourth-order valence-corrected chi connectivity index (χ4v) is 1.26. The van der Waals surface area contributed by atoms with Gasteiger partial charge in [-0.25, -0.2) is 9.59 Å². The van der Waals surface area contributed by atoms with Crippen molar-refractivity contribution < 1.29 is 38.9 Å². The Hall–Kier alpha value is -2.52. The summed E-state index contributed by atoms with van der Waals surface area (Å²) in [5, 5.41) is 18.8. The molecule has 0 saturated carbocycles. The molecule has 0 spiro atoms. The van der Waals surface area contributed by atoms with Gasteiger partial charge >= 0.3 is 24.1 Å². The number of carbonyl (C=O) groups is 4. The number of rotatable bonds is 5. The van der Waals surface area contributed by atoms with Crippen LogP contribution in [0.1, 0.15) is 48.5 Å². The Kier molecular flexibility index (Phi) is 11.0. The molecular weight excluding hydrogens is 348 g/mol. The van der Waals surface area contributed by atoms with Gasteiger partial charge in [-0.2, -0.15) is 0 Å². The number of carbonyl (C=O) groups excluding carboxylic acids is 2. The molecule has 3 N–H and O–H groups in total. The zero-order valence-electron chi connectivity index (χ0n) is 16.4. The van der Waals surface area contributed by atoms with Gasteiger partial charge in [-0.05, 0) is 48.5 Å². The summed E-state index contributed by atoms with van der Waals surface area (Å²) in [6.07, 6.45) is -1.31. The van der Waals surface area contributed by atoms with Gasteiger partial charge in [0.2, 0.25) is 0 Å². The second-order valence-electron chi connectivity index (χ2n) is 7.14. The third-order valence-electron chi connectivity index (χ3n) is 2.14. The van der Waals surface area contributed by atoms with Crippen molar-refractivity contribution in [2.24, 2.45) is 0 Å². The van der Waals surface area contributed by atoms with Gasteiger partial charge in [-0.3, -0.25) is 14.5 Å². The first-order valence-electron chi connectivity index (χ1n) is 7.95. The van der Waals surface area contributed by atoms with Crippen LogP contribution in [0.4, 0.5) is 9.59 Å². The van der Waals surface area contributed by atoms with Crippen molar-refractivity contribution in [1.82, 2.24) is 10.2 Å². The maximum atomic E-state index is 11.4. The van der Waals surface area contributed by atoms with E-state index in [1.165, 1.54) is 0 Å². The quantitative estimate of drug-likeness (QED) is 0.658. The van der Waals surface area contributed by atoms with Gasteiger partial charge in [-0.1, -0.05) is 0 Å². The Bertz CT molecular complexity index is 491. The van der Waals surface area contributed by atoms with Crippen LogP contribution in [0.2, 0.25) is 0 Å². The van der Waals surface area contributed by atoms with Crippen LogP contribution in [-0.2, 0) is 19.1 Å². The number of carboxylic acid groups (broad SMARTS) is 2. The molecule has 0 aromatic heterocycles. The van der Waals surface area contributed by atoms with E-state index in [1.807, 2.05) is 0 Å². The Morgan fingerprint density at radius 1 is 0.885 bits per heavy atom. The molecule has 0 aliphatic rings. The Balaban J connectivity index is 0. The van der Waals surface area contributed by atoms with E-state index in [1.54, 1.807) is 48.5 Å². The number of aliphatic carboxylic acids is 2. The van der Waals surface area contributed by atoms with Crippen molar-refractivity contribution in [2.75, 3.05) is 19.6 Å². The summed E-state index contributed by atoms with van der Waals surface area (Å²) in [6, 6.07) is 0. The normalized spacial score (nSPS) is 10.7. The van der Waals surface area contributed by atoms with Crippen LogP contribution in [-0.4, -0.2) is 70.1 Å². The number of nitrogens with zero attached hydrogens (tertiary/aromatic N) is 1. The minimum absolute atomic E-state index is 0.321. The number of nitrogens with one attached hydrogen (secondary N) is 1. The summed E-state index contributed by atoms with van der Waals surface area (Å²) in [5.74, 6) is -2.14.